The van der Waals surface area contributed by atoms with Gasteiger partial charge in [0.2, 0.25) is 11.8 Å². The standard InChI is InChI=1S/C18H33NO2/c1-2-3-4-5-6-7-8-9-10-11-12-13-16-19-17(20)14-15-18(19)21/h2-16H2,1H3. The van der Waals surface area contributed by atoms with Gasteiger partial charge in [-0.15, -0.1) is 0 Å². The molecule has 0 spiro atoms. The number of nitrogens with zero attached hydrogens (tertiary/aromatic N) is 1. The summed E-state index contributed by atoms with van der Waals surface area (Å²) in [6.45, 7) is 2.91. The topological polar surface area (TPSA) is 37.4 Å². The maximum absolute atomic E-state index is 11.4. The molecule has 3 nitrogen and oxygen atoms in total. The lowest BCUT2D eigenvalue weighted by atomic mass is 10.1. The van der Waals surface area contributed by atoms with Gasteiger partial charge in [0.15, 0.2) is 0 Å². The minimum Gasteiger partial charge on any atom is -0.283 e. The molecule has 0 saturated carbocycles. The summed E-state index contributed by atoms with van der Waals surface area (Å²) in [6, 6.07) is 0. The molecule has 3 heteroatoms. The van der Waals surface area contributed by atoms with Gasteiger partial charge in [-0.05, 0) is 6.42 Å². The summed E-state index contributed by atoms with van der Waals surface area (Å²) in [5.41, 5.74) is 0. The normalized spacial score (nSPS) is 15.2. The molecule has 1 heterocycles. The van der Waals surface area contributed by atoms with Gasteiger partial charge >= 0.3 is 0 Å². The van der Waals surface area contributed by atoms with Gasteiger partial charge in [0.05, 0.1) is 0 Å². The number of hydrogen-bond donors (Lipinski definition) is 0. The van der Waals surface area contributed by atoms with Gasteiger partial charge < -0.3 is 0 Å². The van der Waals surface area contributed by atoms with E-state index in [0.29, 0.717) is 19.4 Å². The van der Waals surface area contributed by atoms with Crippen LogP contribution in [0.1, 0.15) is 96.8 Å². The molecule has 1 aliphatic heterocycles. The maximum atomic E-state index is 11.4. The van der Waals surface area contributed by atoms with Crippen LogP contribution < -0.4 is 0 Å². The summed E-state index contributed by atoms with van der Waals surface area (Å²) in [7, 11) is 0. The Morgan fingerprint density at radius 2 is 1.05 bits per heavy atom. The fourth-order valence-electron chi connectivity index (χ4n) is 2.98. The van der Waals surface area contributed by atoms with Crippen molar-refractivity contribution in [1.82, 2.24) is 4.90 Å². The van der Waals surface area contributed by atoms with E-state index in [4.69, 9.17) is 0 Å². The zero-order valence-corrected chi connectivity index (χ0v) is 13.9. The number of amides is 2. The van der Waals surface area contributed by atoms with Gasteiger partial charge in [0.1, 0.15) is 0 Å². The van der Waals surface area contributed by atoms with Gasteiger partial charge in [0, 0.05) is 19.4 Å². The van der Waals surface area contributed by atoms with E-state index in [9.17, 15) is 9.59 Å². The number of carbonyl (C=O) groups is 2. The molecule has 0 aromatic heterocycles. The molecule has 0 aromatic rings. The molecule has 1 rings (SSSR count). The van der Waals surface area contributed by atoms with Crippen molar-refractivity contribution in [3.05, 3.63) is 0 Å². The number of carbonyl (C=O) groups excluding carboxylic acids is 2. The number of hydrogen-bond acceptors (Lipinski definition) is 2. The first-order valence-corrected chi connectivity index (χ1v) is 9.09. The smallest absolute Gasteiger partial charge is 0.229 e. The lowest BCUT2D eigenvalue weighted by Crippen LogP contribution is -2.29. The Bertz CT molecular complexity index is 286. The number of unbranched alkanes of at least 4 members (excludes halogenated alkanes) is 11. The predicted octanol–water partition coefficient (Wildman–Crippen LogP) is 4.84. The molecule has 0 bridgehead atoms. The Kier molecular flexibility index (Phi) is 10.2. The summed E-state index contributed by atoms with van der Waals surface area (Å²) in [4.78, 5) is 24.3. The van der Waals surface area contributed by atoms with E-state index in [2.05, 4.69) is 6.92 Å². The van der Waals surface area contributed by atoms with E-state index in [-0.39, 0.29) is 11.8 Å². The van der Waals surface area contributed by atoms with E-state index in [1.54, 1.807) is 0 Å². The lowest BCUT2D eigenvalue weighted by molar-refractivity contribution is -0.138. The molecule has 0 aliphatic carbocycles. The van der Waals surface area contributed by atoms with Crippen LogP contribution in [-0.4, -0.2) is 23.3 Å². The molecule has 122 valence electrons. The summed E-state index contributed by atoms with van der Waals surface area (Å²) in [6.07, 6.45) is 16.6. The van der Waals surface area contributed by atoms with E-state index >= 15 is 0 Å². The second kappa shape index (κ2) is 11.8. The van der Waals surface area contributed by atoms with Gasteiger partial charge in [-0.2, -0.15) is 0 Å². The van der Waals surface area contributed by atoms with Crippen molar-refractivity contribution < 1.29 is 9.59 Å². The van der Waals surface area contributed by atoms with Crippen LogP contribution in [0.2, 0.25) is 0 Å². The minimum atomic E-state index is 0.0306. The average molecular weight is 295 g/mol. The maximum Gasteiger partial charge on any atom is 0.229 e. The average Bonchev–Trinajstić information content (AvgIpc) is 2.80. The summed E-state index contributed by atoms with van der Waals surface area (Å²) >= 11 is 0. The third-order valence-electron chi connectivity index (χ3n) is 4.39. The fraction of sp³-hybridized carbons (Fsp3) is 0.889. The first kappa shape index (κ1) is 18.2. The molecule has 2 amide bonds. The molecule has 1 aliphatic rings. The molecular formula is C18H33NO2. The molecule has 0 N–H and O–H groups in total. The second-order valence-corrected chi connectivity index (χ2v) is 6.33. The van der Waals surface area contributed by atoms with Crippen molar-refractivity contribution >= 4 is 11.8 Å². The largest absolute Gasteiger partial charge is 0.283 e. The van der Waals surface area contributed by atoms with Crippen molar-refractivity contribution in [2.75, 3.05) is 6.54 Å². The highest BCUT2D eigenvalue weighted by molar-refractivity contribution is 6.01. The number of rotatable bonds is 13. The SMILES string of the molecule is CCCCCCCCCCCCCCN1C(=O)CCC1=O. The first-order chi connectivity index (χ1) is 10.3. The molecule has 1 fully saturated rings. The summed E-state index contributed by atoms with van der Waals surface area (Å²) in [5.74, 6) is 0.0612. The molecule has 1 saturated heterocycles. The zero-order chi connectivity index (χ0) is 15.3. The first-order valence-electron chi connectivity index (χ1n) is 9.09. The second-order valence-electron chi connectivity index (χ2n) is 6.33. The number of likely N-dealkylation sites (tertiary alicyclic amines) is 1. The third kappa shape index (κ3) is 8.23. The van der Waals surface area contributed by atoms with Crippen LogP contribution in [0.25, 0.3) is 0 Å². The van der Waals surface area contributed by atoms with Crippen LogP contribution in [0.4, 0.5) is 0 Å². The summed E-state index contributed by atoms with van der Waals surface area (Å²) in [5, 5.41) is 0. The van der Waals surface area contributed by atoms with Crippen molar-refractivity contribution in [2.45, 2.75) is 96.8 Å². The van der Waals surface area contributed by atoms with Gasteiger partial charge in [-0.1, -0.05) is 77.6 Å². The van der Waals surface area contributed by atoms with Crippen molar-refractivity contribution in [2.24, 2.45) is 0 Å². The summed E-state index contributed by atoms with van der Waals surface area (Å²) < 4.78 is 0. The van der Waals surface area contributed by atoms with E-state index in [1.807, 2.05) is 0 Å². The van der Waals surface area contributed by atoms with Gasteiger partial charge in [0.25, 0.3) is 0 Å². The number of imide groups is 1. The molecular weight excluding hydrogens is 262 g/mol. The highest BCUT2D eigenvalue weighted by Gasteiger charge is 2.27. The van der Waals surface area contributed by atoms with Crippen LogP contribution in [-0.2, 0) is 9.59 Å². The quantitative estimate of drug-likeness (QED) is 0.360. The highest BCUT2D eigenvalue weighted by Crippen LogP contribution is 2.15. The van der Waals surface area contributed by atoms with Crippen molar-refractivity contribution in [1.29, 1.82) is 0 Å². The minimum absolute atomic E-state index is 0.0306. The van der Waals surface area contributed by atoms with Crippen LogP contribution in [0.3, 0.4) is 0 Å². The van der Waals surface area contributed by atoms with Gasteiger partial charge in [-0.25, -0.2) is 0 Å². The van der Waals surface area contributed by atoms with E-state index in [0.717, 1.165) is 12.8 Å². The Morgan fingerprint density at radius 3 is 1.48 bits per heavy atom. The molecule has 0 unspecified atom stereocenters. The van der Waals surface area contributed by atoms with Crippen LogP contribution in [0.5, 0.6) is 0 Å². The van der Waals surface area contributed by atoms with Crippen molar-refractivity contribution in [3.63, 3.8) is 0 Å². The molecule has 0 atom stereocenters. The van der Waals surface area contributed by atoms with E-state index in [1.165, 1.54) is 69.1 Å². The van der Waals surface area contributed by atoms with Crippen molar-refractivity contribution in [3.8, 4) is 0 Å². The Labute approximate surface area is 130 Å². The fourth-order valence-corrected chi connectivity index (χ4v) is 2.98. The van der Waals surface area contributed by atoms with Gasteiger partial charge in [-0.3, -0.25) is 14.5 Å². The Balaban J connectivity index is 1.80. The third-order valence-corrected chi connectivity index (χ3v) is 4.39. The zero-order valence-electron chi connectivity index (χ0n) is 13.9. The highest BCUT2D eigenvalue weighted by atomic mass is 16.2. The Morgan fingerprint density at radius 1 is 0.667 bits per heavy atom. The molecule has 0 radical (unpaired) electrons. The monoisotopic (exact) mass is 295 g/mol. The van der Waals surface area contributed by atoms with E-state index < -0.39 is 0 Å². The Hall–Kier alpha value is -0.860. The van der Waals surface area contributed by atoms with Crippen LogP contribution in [0, 0.1) is 0 Å². The van der Waals surface area contributed by atoms with Crippen LogP contribution in [0.15, 0.2) is 0 Å². The predicted molar refractivity (Wildman–Crippen MR) is 87.0 cm³/mol. The molecule has 0 aromatic carbocycles. The molecule has 21 heavy (non-hydrogen) atoms. The van der Waals surface area contributed by atoms with Crippen LogP contribution >= 0.6 is 0 Å². The lowest BCUT2D eigenvalue weighted by Gasteiger charge is -2.13.